The molecule has 0 fully saturated rings. The molecule has 2 aromatic rings. The van der Waals surface area contributed by atoms with E-state index in [0.29, 0.717) is 6.61 Å². The molecular formula is C10H12N2O. The van der Waals surface area contributed by atoms with Gasteiger partial charge in [0.2, 0.25) is 0 Å². The monoisotopic (exact) mass is 176 g/mol. The molecule has 0 amide bonds. The van der Waals surface area contributed by atoms with E-state index in [0.717, 1.165) is 16.7 Å². The molecule has 1 aromatic carbocycles. The molecule has 0 radical (unpaired) electrons. The van der Waals surface area contributed by atoms with Crippen LogP contribution in [0.1, 0.15) is 6.92 Å². The smallest absolute Gasteiger partial charge is 0.145 e. The summed E-state index contributed by atoms with van der Waals surface area (Å²) in [6.07, 6.45) is 1.83. The number of fused-ring (bicyclic) bond motifs is 1. The van der Waals surface area contributed by atoms with Gasteiger partial charge < -0.3 is 10.6 Å². The van der Waals surface area contributed by atoms with Crippen molar-refractivity contribution in [3.05, 3.63) is 30.5 Å². The fourth-order valence-electron chi connectivity index (χ4n) is 1.46. The number of aromatic nitrogens is 1. The molecule has 0 aliphatic heterocycles. The van der Waals surface area contributed by atoms with E-state index < -0.39 is 0 Å². The van der Waals surface area contributed by atoms with Crippen LogP contribution < -0.4 is 10.6 Å². The number of ether oxygens (including phenoxy) is 1. The first-order valence-corrected chi connectivity index (χ1v) is 4.31. The molecule has 0 aliphatic carbocycles. The highest BCUT2D eigenvalue weighted by Gasteiger charge is 2.04. The van der Waals surface area contributed by atoms with Crippen molar-refractivity contribution >= 4 is 10.9 Å². The van der Waals surface area contributed by atoms with Crippen molar-refractivity contribution in [2.24, 2.45) is 0 Å². The van der Waals surface area contributed by atoms with Gasteiger partial charge in [-0.15, -0.1) is 0 Å². The topological polar surface area (TPSA) is 40.2 Å². The normalized spacial score (nSPS) is 10.5. The highest BCUT2D eigenvalue weighted by atomic mass is 16.5. The Morgan fingerprint density at radius 3 is 3.00 bits per heavy atom. The molecule has 1 aromatic heterocycles. The lowest BCUT2D eigenvalue weighted by Crippen LogP contribution is -2.06. The first-order valence-electron chi connectivity index (χ1n) is 4.31. The van der Waals surface area contributed by atoms with Crippen molar-refractivity contribution in [1.82, 2.24) is 4.68 Å². The number of hydrogen-bond donors (Lipinski definition) is 1. The van der Waals surface area contributed by atoms with E-state index in [-0.39, 0.29) is 0 Å². The molecule has 0 bridgehead atoms. The Kier molecular flexibility index (Phi) is 1.85. The molecule has 0 spiro atoms. The highest BCUT2D eigenvalue weighted by molar-refractivity contribution is 5.85. The summed E-state index contributed by atoms with van der Waals surface area (Å²) in [6, 6.07) is 7.88. The van der Waals surface area contributed by atoms with Gasteiger partial charge in [0, 0.05) is 11.6 Å². The summed E-state index contributed by atoms with van der Waals surface area (Å²) in [5.41, 5.74) is 0.948. The number of nitrogen functional groups attached to an aromatic ring is 1. The summed E-state index contributed by atoms with van der Waals surface area (Å²) in [5.74, 6) is 6.58. The lowest BCUT2D eigenvalue weighted by Gasteiger charge is -2.05. The van der Waals surface area contributed by atoms with Gasteiger partial charge in [-0.25, -0.2) is 0 Å². The Morgan fingerprint density at radius 2 is 2.23 bits per heavy atom. The van der Waals surface area contributed by atoms with Crippen molar-refractivity contribution in [3.8, 4) is 5.75 Å². The zero-order chi connectivity index (χ0) is 9.26. The van der Waals surface area contributed by atoms with Gasteiger partial charge in [0.15, 0.2) is 0 Å². The largest absolute Gasteiger partial charge is 0.492 e. The summed E-state index contributed by atoms with van der Waals surface area (Å²) < 4.78 is 7.04. The molecule has 68 valence electrons. The fraction of sp³-hybridized carbons (Fsp3) is 0.200. The molecule has 0 atom stereocenters. The van der Waals surface area contributed by atoms with E-state index in [1.807, 2.05) is 37.4 Å². The van der Waals surface area contributed by atoms with E-state index in [1.54, 1.807) is 4.68 Å². The van der Waals surface area contributed by atoms with Crippen LogP contribution in [0.15, 0.2) is 30.5 Å². The SMILES string of the molecule is CCOc1cccc2ccn(N)c12. The van der Waals surface area contributed by atoms with Gasteiger partial charge >= 0.3 is 0 Å². The van der Waals surface area contributed by atoms with Crippen LogP contribution in [0.4, 0.5) is 0 Å². The second-order valence-corrected chi connectivity index (χ2v) is 2.85. The van der Waals surface area contributed by atoms with Crippen molar-refractivity contribution in [2.45, 2.75) is 6.92 Å². The van der Waals surface area contributed by atoms with Crippen molar-refractivity contribution in [3.63, 3.8) is 0 Å². The zero-order valence-corrected chi connectivity index (χ0v) is 7.53. The number of nitrogens with zero attached hydrogens (tertiary/aromatic N) is 1. The fourth-order valence-corrected chi connectivity index (χ4v) is 1.46. The van der Waals surface area contributed by atoms with Crippen molar-refractivity contribution < 1.29 is 4.74 Å². The minimum Gasteiger partial charge on any atom is -0.492 e. The molecule has 0 saturated heterocycles. The Bertz CT molecular complexity index is 420. The molecule has 0 aliphatic rings. The highest BCUT2D eigenvalue weighted by Crippen LogP contribution is 2.24. The first kappa shape index (κ1) is 7.98. The van der Waals surface area contributed by atoms with Gasteiger partial charge in [-0.2, -0.15) is 0 Å². The molecule has 0 unspecified atom stereocenters. The van der Waals surface area contributed by atoms with Crippen LogP contribution in [-0.4, -0.2) is 11.3 Å². The summed E-state index contributed by atoms with van der Waals surface area (Å²) in [5, 5.41) is 1.11. The number of para-hydroxylation sites is 1. The number of benzene rings is 1. The third-order valence-electron chi connectivity index (χ3n) is 2.00. The van der Waals surface area contributed by atoms with E-state index in [2.05, 4.69) is 0 Å². The summed E-state index contributed by atoms with van der Waals surface area (Å²) in [6.45, 7) is 2.62. The predicted molar refractivity (Wildman–Crippen MR) is 53.3 cm³/mol. The van der Waals surface area contributed by atoms with Gasteiger partial charge in [0.05, 0.1) is 6.61 Å². The minimum atomic E-state index is 0.657. The van der Waals surface area contributed by atoms with Gasteiger partial charge in [-0.05, 0) is 19.1 Å². The lowest BCUT2D eigenvalue weighted by atomic mass is 10.2. The molecular weight excluding hydrogens is 164 g/mol. The average Bonchev–Trinajstić information content (AvgIpc) is 2.50. The quantitative estimate of drug-likeness (QED) is 0.708. The molecule has 3 heteroatoms. The van der Waals surface area contributed by atoms with Crippen LogP contribution in [0.2, 0.25) is 0 Å². The van der Waals surface area contributed by atoms with Crippen LogP contribution in [0, 0.1) is 0 Å². The maximum atomic E-state index is 5.74. The zero-order valence-electron chi connectivity index (χ0n) is 7.53. The summed E-state index contributed by atoms with van der Waals surface area (Å²) >= 11 is 0. The average molecular weight is 176 g/mol. The Labute approximate surface area is 76.7 Å². The Balaban J connectivity index is 2.65. The van der Waals surface area contributed by atoms with E-state index >= 15 is 0 Å². The van der Waals surface area contributed by atoms with Crippen LogP contribution in [0.5, 0.6) is 5.75 Å². The summed E-state index contributed by atoms with van der Waals surface area (Å²) in [7, 11) is 0. The number of rotatable bonds is 2. The maximum Gasteiger partial charge on any atom is 0.145 e. The molecule has 1 heterocycles. The van der Waals surface area contributed by atoms with Crippen molar-refractivity contribution in [1.29, 1.82) is 0 Å². The Hall–Kier alpha value is -1.64. The van der Waals surface area contributed by atoms with Gasteiger partial charge in [-0.3, -0.25) is 4.68 Å². The molecule has 3 nitrogen and oxygen atoms in total. The number of nitrogens with two attached hydrogens (primary N) is 1. The standard InChI is InChI=1S/C10H12N2O/c1-2-13-9-5-3-4-8-6-7-12(11)10(8)9/h3-7H,2,11H2,1H3. The molecule has 0 saturated carbocycles. The van der Waals surface area contributed by atoms with Crippen LogP contribution in [0.25, 0.3) is 10.9 Å². The van der Waals surface area contributed by atoms with Gasteiger partial charge in [-0.1, -0.05) is 12.1 Å². The predicted octanol–water partition coefficient (Wildman–Crippen LogP) is 1.75. The second-order valence-electron chi connectivity index (χ2n) is 2.85. The van der Waals surface area contributed by atoms with E-state index in [4.69, 9.17) is 10.6 Å². The minimum absolute atomic E-state index is 0.657. The van der Waals surface area contributed by atoms with Gasteiger partial charge in [0.25, 0.3) is 0 Å². The van der Waals surface area contributed by atoms with E-state index in [1.165, 1.54) is 0 Å². The van der Waals surface area contributed by atoms with Crippen LogP contribution in [0.3, 0.4) is 0 Å². The molecule has 2 rings (SSSR count). The van der Waals surface area contributed by atoms with Crippen LogP contribution in [-0.2, 0) is 0 Å². The van der Waals surface area contributed by atoms with E-state index in [9.17, 15) is 0 Å². The number of hydrogen-bond acceptors (Lipinski definition) is 2. The lowest BCUT2D eigenvalue weighted by molar-refractivity contribution is 0.343. The third-order valence-corrected chi connectivity index (χ3v) is 2.00. The van der Waals surface area contributed by atoms with Gasteiger partial charge in [0.1, 0.15) is 11.3 Å². The second kappa shape index (κ2) is 3.01. The van der Waals surface area contributed by atoms with Crippen molar-refractivity contribution in [2.75, 3.05) is 12.4 Å². The maximum absolute atomic E-state index is 5.74. The Morgan fingerprint density at radius 1 is 1.38 bits per heavy atom. The third kappa shape index (κ3) is 1.22. The first-order chi connectivity index (χ1) is 6.33. The summed E-state index contributed by atoms with van der Waals surface area (Å²) in [4.78, 5) is 0. The molecule has 2 N–H and O–H groups in total. The van der Waals surface area contributed by atoms with Crippen LogP contribution >= 0.6 is 0 Å². The molecule has 13 heavy (non-hydrogen) atoms.